The Hall–Kier alpha value is -3.69. The third-order valence-electron chi connectivity index (χ3n) is 6.97. The maximum Gasteiger partial charge on any atom is 0.274 e. The number of nitro groups is 1. The van der Waals surface area contributed by atoms with Crippen LogP contribution in [0, 0.1) is 21.4 Å². The lowest BCUT2D eigenvalue weighted by molar-refractivity contribution is -0.385. The van der Waals surface area contributed by atoms with Gasteiger partial charge in [-0.1, -0.05) is 45.0 Å². The highest BCUT2D eigenvalue weighted by Crippen LogP contribution is 2.46. The first kappa shape index (κ1) is 29.3. The number of nitrogens with zero attached hydrogens (tertiary/aromatic N) is 2. The van der Waals surface area contributed by atoms with Crippen molar-refractivity contribution in [3.8, 4) is 11.5 Å². The lowest BCUT2D eigenvalue weighted by atomic mass is 9.72. The molecule has 1 aromatic heterocycles. The number of carbonyl (C=O) groups is 1. The van der Waals surface area contributed by atoms with Gasteiger partial charge in [-0.3, -0.25) is 14.9 Å². The lowest BCUT2D eigenvalue weighted by Gasteiger charge is -2.33. The summed E-state index contributed by atoms with van der Waals surface area (Å²) < 4.78 is 11.2. The molecule has 2 aromatic carbocycles. The summed E-state index contributed by atoms with van der Waals surface area (Å²) in [7, 11) is 1.42. The van der Waals surface area contributed by atoms with Crippen molar-refractivity contribution in [2.75, 3.05) is 19.0 Å². The average Bonchev–Trinajstić information content (AvgIpc) is 3.29. The van der Waals surface area contributed by atoms with E-state index in [9.17, 15) is 14.9 Å². The monoisotopic (exact) mass is 581 g/mol. The van der Waals surface area contributed by atoms with E-state index in [2.05, 4.69) is 32.7 Å². The number of nitrogens with one attached hydrogen (secondary N) is 1. The van der Waals surface area contributed by atoms with Gasteiger partial charge in [-0.25, -0.2) is 4.99 Å². The molecule has 8 nitrogen and oxygen atoms in total. The van der Waals surface area contributed by atoms with Crippen LogP contribution in [0.1, 0.15) is 53.6 Å². The standard InChI is InChI=1S/C30H32ClN3O5S/c1-6-13-39-27-18(14-22(34(36)37)16-24(27)38-5)17-32-29-26(28(35)33-21-10-8-20(31)9-11-21)23-12-7-19(30(2,3)4)15-25(23)40-29/h6,8-11,14,16-17,19H,1,7,12-13,15H2,2-5H3,(H,33,35)/t19-/m1/s1. The minimum absolute atomic E-state index is 0.133. The number of non-ortho nitro benzene ring substituents is 1. The maximum absolute atomic E-state index is 13.6. The molecular formula is C30H32ClN3O5S. The van der Waals surface area contributed by atoms with Gasteiger partial charge < -0.3 is 14.8 Å². The number of ether oxygens (including phenoxy) is 2. The molecule has 0 saturated carbocycles. The summed E-state index contributed by atoms with van der Waals surface area (Å²) in [4.78, 5) is 30.6. The van der Waals surface area contributed by atoms with Gasteiger partial charge in [0.05, 0.1) is 23.7 Å². The minimum Gasteiger partial charge on any atom is -0.493 e. The van der Waals surface area contributed by atoms with Gasteiger partial charge in [-0.2, -0.15) is 0 Å². The highest BCUT2D eigenvalue weighted by Gasteiger charge is 2.34. The van der Waals surface area contributed by atoms with Crippen molar-refractivity contribution >= 4 is 51.4 Å². The Labute approximate surface area is 242 Å². The van der Waals surface area contributed by atoms with Gasteiger partial charge in [0.25, 0.3) is 11.6 Å². The largest absolute Gasteiger partial charge is 0.493 e. The molecule has 210 valence electrons. The van der Waals surface area contributed by atoms with Crippen LogP contribution in [0.3, 0.4) is 0 Å². The van der Waals surface area contributed by atoms with Crippen LogP contribution in [0.25, 0.3) is 0 Å². The Kier molecular flexibility index (Phi) is 8.95. The van der Waals surface area contributed by atoms with Crippen LogP contribution < -0.4 is 14.8 Å². The fourth-order valence-electron chi connectivity index (χ4n) is 4.75. The molecule has 1 aliphatic carbocycles. The smallest absolute Gasteiger partial charge is 0.274 e. The summed E-state index contributed by atoms with van der Waals surface area (Å²) in [6.07, 6.45) is 5.66. The van der Waals surface area contributed by atoms with E-state index in [0.717, 1.165) is 29.7 Å². The predicted octanol–water partition coefficient (Wildman–Crippen LogP) is 8.04. The van der Waals surface area contributed by atoms with E-state index in [1.807, 2.05) is 0 Å². The number of carbonyl (C=O) groups excluding carboxylic acids is 1. The lowest BCUT2D eigenvalue weighted by Crippen LogP contribution is -2.27. The second-order valence-electron chi connectivity index (χ2n) is 10.6. The fourth-order valence-corrected chi connectivity index (χ4v) is 6.14. The molecule has 1 amide bonds. The Bertz CT molecular complexity index is 1460. The number of hydrogen-bond donors (Lipinski definition) is 1. The van der Waals surface area contributed by atoms with E-state index in [1.165, 1.54) is 36.8 Å². The van der Waals surface area contributed by atoms with E-state index in [-0.39, 0.29) is 29.4 Å². The Morgan fingerprint density at radius 1 is 1.30 bits per heavy atom. The van der Waals surface area contributed by atoms with Gasteiger partial charge in [0.2, 0.25) is 0 Å². The van der Waals surface area contributed by atoms with Gasteiger partial charge in [0.1, 0.15) is 11.6 Å². The number of aliphatic imine (C=N–C) groups is 1. The first-order valence-corrected chi connectivity index (χ1v) is 14.1. The molecule has 0 spiro atoms. The van der Waals surface area contributed by atoms with Crippen molar-refractivity contribution in [2.24, 2.45) is 16.3 Å². The highest BCUT2D eigenvalue weighted by molar-refractivity contribution is 7.16. The fraction of sp³-hybridized carbons (Fsp3) is 0.333. The van der Waals surface area contributed by atoms with Crippen molar-refractivity contribution in [2.45, 2.75) is 40.0 Å². The van der Waals surface area contributed by atoms with Gasteiger partial charge in [0, 0.05) is 33.4 Å². The molecule has 1 N–H and O–H groups in total. The quantitative estimate of drug-likeness (QED) is 0.119. The third kappa shape index (κ3) is 6.54. The number of rotatable bonds is 9. The Morgan fingerprint density at radius 2 is 2.02 bits per heavy atom. The van der Waals surface area contributed by atoms with Crippen LogP contribution in [0.5, 0.6) is 11.5 Å². The first-order valence-electron chi connectivity index (χ1n) is 12.9. The molecule has 0 unspecified atom stereocenters. The molecule has 10 heteroatoms. The van der Waals surface area contributed by atoms with Crippen LogP contribution >= 0.6 is 22.9 Å². The normalized spacial score (nSPS) is 15.0. The molecule has 1 aliphatic rings. The molecule has 40 heavy (non-hydrogen) atoms. The van der Waals surface area contributed by atoms with E-state index >= 15 is 0 Å². The van der Waals surface area contributed by atoms with E-state index in [1.54, 1.807) is 30.3 Å². The van der Waals surface area contributed by atoms with E-state index < -0.39 is 4.92 Å². The zero-order valence-electron chi connectivity index (χ0n) is 23.0. The third-order valence-corrected chi connectivity index (χ3v) is 8.38. The highest BCUT2D eigenvalue weighted by atomic mass is 35.5. The number of fused-ring (bicyclic) bond motifs is 1. The van der Waals surface area contributed by atoms with Crippen LogP contribution in [-0.4, -0.2) is 30.8 Å². The molecule has 0 fully saturated rings. The van der Waals surface area contributed by atoms with E-state index in [0.29, 0.717) is 38.5 Å². The minimum atomic E-state index is -0.501. The zero-order chi connectivity index (χ0) is 29.0. The number of nitro benzene ring substituents is 1. The average molecular weight is 582 g/mol. The predicted molar refractivity (Wildman–Crippen MR) is 161 cm³/mol. The number of hydrogen-bond acceptors (Lipinski definition) is 7. The molecule has 3 aromatic rings. The van der Waals surface area contributed by atoms with Crippen molar-refractivity contribution in [1.29, 1.82) is 0 Å². The van der Waals surface area contributed by atoms with Crippen LogP contribution in [0.15, 0.2) is 54.0 Å². The second kappa shape index (κ2) is 12.2. The summed E-state index contributed by atoms with van der Waals surface area (Å²) in [6, 6.07) is 9.60. The van der Waals surface area contributed by atoms with Gasteiger partial charge >= 0.3 is 0 Å². The summed E-state index contributed by atoms with van der Waals surface area (Å²) in [5.41, 5.74) is 2.47. The van der Waals surface area contributed by atoms with Crippen molar-refractivity contribution in [3.63, 3.8) is 0 Å². The van der Waals surface area contributed by atoms with Crippen LogP contribution in [0.2, 0.25) is 5.02 Å². The molecule has 0 aliphatic heterocycles. The number of thiophene rings is 1. The SMILES string of the molecule is C=CCOc1c(C=Nc2sc3c(c2C(=O)Nc2ccc(Cl)cc2)CC[C@@H](C(C)(C)C)C3)cc([N+](=O)[O-])cc1OC. The van der Waals surface area contributed by atoms with Crippen molar-refractivity contribution < 1.29 is 19.2 Å². The molecule has 0 radical (unpaired) electrons. The molecular weight excluding hydrogens is 550 g/mol. The number of amides is 1. The van der Waals surface area contributed by atoms with Crippen LogP contribution in [0.4, 0.5) is 16.4 Å². The van der Waals surface area contributed by atoms with Crippen molar-refractivity contribution in [1.82, 2.24) is 0 Å². The number of halogens is 1. The Morgan fingerprint density at radius 3 is 2.65 bits per heavy atom. The number of methoxy groups -OCH3 is 1. The maximum atomic E-state index is 13.6. The molecule has 0 saturated heterocycles. The number of benzene rings is 2. The summed E-state index contributed by atoms with van der Waals surface area (Å²) in [5.74, 6) is 0.721. The van der Waals surface area contributed by atoms with Gasteiger partial charge in [0.15, 0.2) is 11.5 Å². The topological polar surface area (TPSA) is 103 Å². The molecule has 1 heterocycles. The summed E-state index contributed by atoms with van der Waals surface area (Å²) in [5, 5.41) is 15.7. The second-order valence-corrected chi connectivity index (χ2v) is 12.2. The molecule has 1 atom stereocenters. The Balaban J connectivity index is 1.79. The molecule has 4 rings (SSSR count). The van der Waals surface area contributed by atoms with Crippen molar-refractivity contribution in [3.05, 3.63) is 85.8 Å². The zero-order valence-corrected chi connectivity index (χ0v) is 24.5. The first-order chi connectivity index (χ1) is 19.0. The van der Waals surface area contributed by atoms with Crippen LogP contribution in [-0.2, 0) is 12.8 Å². The van der Waals surface area contributed by atoms with Gasteiger partial charge in [-0.05, 0) is 60.4 Å². The summed E-state index contributed by atoms with van der Waals surface area (Å²) in [6.45, 7) is 10.6. The number of anilines is 1. The molecule has 0 bridgehead atoms. The summed E-state index contributed by atoms with van der Waals surface area (Å²) >= 11 is 7.50. The van der Waals surface area contributed by atoms with Gasteiger partial charge in [-0.15, -0.1) is 11.3 Å². The van der Waals surface area contributed by atoms with E-state index in [4.69, 9.17) is 26.1 Å².